The number of benzene rings is 1. The van der Waals surface area contributed by atoms with Gasteiger partial charge in [0.2, 0.25) is 0 Å². The van der Waals surface area contributed by atoms with Gasteiger partial charge < -0.3 is 9.84 Å². The maximum absolute atomic E-state index is 10.3. The third kappa shape index (κ3) is 2.23. The molecule has 0 aliphatic carbocycles. The Morgan fingerprint density at radius 2 is 2.18 bits per heavy atom. The molecule has 1 aromatic heterocycles. The van der Waals surface area contributed by atoms with Gasteiger partial charge in [-0.05, 0) is 34.5 Å². The lowest BCUT2D eigenvalue weighted by Crippen LogP contribution is -2.27. The molecule has 3 nitrogen and oxygen atoms in total. The van der Waals surface area contributed by atoms with E-state index in [1.807, 2.05) is 13.0 Å². The zero-order valence-corrected chi connectivity index (χ0v) is 12.6. The van der Waals surface area contributed by atoms with Crippen LogP contribution in [0.2, 0.25) is 0 Å². The average molecular weight is 312 g/mol. The number of thiazole rings is 1. The van der Waals surface area contributed by atoms with Crippen LogP contribution < -0.4 is 4.74 Å². The molecule has 88 valence electrons. The first kappa shape index (κ1) is 12.9. The zero-order valence-electron chi connectivity index (χ0n) is 10.2. The fraction of sp³-hybridized carbons (Fsp3) is 0.300. The molecule has 1 aromatic carbocycles. The van der Waals surface area contributed by atoms with Crippen molar-refractivity contribution in [1.29, 1.82) is 0 Å². The van der Waals surface area contributed by atoms with Crippen LogP contribution in [0.15, 0.2) is 9.98 Å². The van der Waals surface area contributed by atoms with Gasteiger partial charge in [0.15, 0.2) is 3.92 Å². The molecule has 0 bridgehead atoms. The number of hydrogen-bond acceptors (Lipinski definition) is 4. The van der Waals surface area contributed by atoms with Gasteiger partial charge in [0, 0.05) is 11.0 Å². The molecule has 2 rings (SSSR count). The Bertz CT molecular complexity index is 580. The van der Waals surface area contributed by atoms with Crippen LogP contribution in [0, 0.1) is 6.92 Å². The van der Waals surface area contributed by atoms with Gasteiger partial charge in [-0.1, -0.05) is 0 Å². The van der Waals surface area contributed by atoms with Gasteiger partial charge in [0.05, 0.1) is 17.3 Å². The molecule has 0 saturated heterocycles. The van der Waals surface area contributed by atoms with Gasteiger partial charge >= 0.3 is 0 Å². The Hall–Kier alpha value is -0.520. The predicted molar refractivity (Wildman–Crippen MR) is 79.6 cm³/mol. The molecule has 7 heteroatoms. The number of ether oxygens (including phenoxy) is 1. The highest BCUT2D eigenvalue weighted by atomic mass is 79.9. The number of halogens is 1. The topological polar surface area (TPSA) is 42.4 Å². The van der Waals surface area contributed by atoms with Gasteiger partial charge in [-0.3, -0.25) is 0 Å². The van der Waals surface area contributed by atoms with Crippen molar-refractivity contribution in [1.82, 2.24) is 4.98 Å². The van der Waals surface area contributed by atoms with E-state index in [1.54, 1.807) is 22.8 Å². The van der Waals surface area contributed by atoms with E-state index in [2.05, 4.69) is 20.9 Å². The summed E-state index contributed by atoms with van der Waals surface area (Å²) in [6.45, 7) is 1.94. The van der Waals surface area contributed by atoms with Gasteiger partial charge in [-0.25, -0.2) is 4.98 Å². The van der Waals surface area contributed by atoms with E-state index in [1.165, 1.54) is 11.3 Å². The van der Waals surface area contributed by atoms with Crippen LogP contribution in [0.5, 0.6) is 5.75 Å². The largest absolute Gasteiger partial charge is 0.496 e. The number of fused-ring (bicyclic) bond motifs is 1. The summed E-state index contributed by atoms with van der Waals surface area (Å²) in [4.78, 5) is 4.44. The molecular weight excluding hydrogens is 300 g/mol. The Kier molecular flexibility index (Phi) is 3.27. The number of aromatic nitrogens is 1. The van der Waals surface area contributed by atoms with E-state index in [4.69, 9.17) is 4.74 Å². The molecule has 0 fully saturated rings. The molecule has 0 spiro atoms. The lowest BCUT2D eigenvalue weighted by atomic mass is 9.60. The first-order valence-electron chi connectivity index (χ1n) is 5.21. The first-order valence-corrected chi connectivity index (χ1v) is 6.82. The van der Waals surface area contributed by atoms with E-state index in [0.29, 0.717) is 0 Å². The van der Waals surface area contributed by atoms with Crippen LogP contribution in [0.3, 0.4) is 0 Å². The highest BCUT2D eigenvalue weighted by Crippen LogP contribution is 2.38. The van der Waals surface area contributed by atoms with Crippen LogP contribution in [0.1, 0.15) is 11.1 Å². The standard InChI is InChI=1S/C10H12B2BrNO2S/c1-4-5(16-2)3-6-8(14-9(13)17-6)7(4)10(11,12)15/h3,15H,11-12H2,1-2H3. The van der Waals surface area contributed by atoms with E-state index >= 15 is 0 Å². The molecule has 0 aliphatic rings. The fourth-order valence-corrected chi connectivity index (χ4v) is 3.50. The van der Waals surface area contributed by atoms with Crippen molar-refractivity contribution in [3.05, 3.63) is 21.1 Å². The zero-order chi connectivity index (χ0) is 12.8. The summed E-state index contributed by atoms with van der Waals surface area (Å²) in [5, 5.41) is 9.35. The maximum atomic E-state index is 10.3. The van der Waals surface area contributed by atoms with Crippen molar-refractivity contribution in [3.63, 3.8) is 0 Å². The van der Waals surface area contributed by atoms with Crippen molar-refractivity contribution < 1.29 is 9.84 Å². The van der Waals surface area contributed by atoms with Gasteiger partial charge in [-0.15, -0.1) is 11.3 Å². The minimum atomic E-state index is -0.940. The maximum Gasteiger partial charge on any atom is 0.160 e. The average Bonchev–Trinajstić information content (AvgIpc) is 2.54. The van der Waals surface area contributed by atoms with Gasteiger partial charge in [0.1, 0.15) is 21.4 Å². The van der Waals surface area contributed by atoms with Crippen LogP contribution in [0.4, 0.5) is 0 Å². The summed E-state index contributed by atoms with van der Waals surface area (Å²) in [5.74, 6) is 0.783. The smallest absolute Gasteiger partial charge is 0.160 e. The van der Waals surface area contributed by atoms with Crippen molar-refractivity contribution in [2.24, 2.45) is 0 Å². The summed E-state index contributed by atoms with van der Waals surface area (Å²) < 4.78 is 7.17. The fourth-order valence-electron chi connectivity index (χ4n) is 2.07. The highest BCUT2D eigenvalue weighted by Gasteiger charge is 2.25. The molecule has 0 amide bonds. The molecule has 1 N–H and O–H groups in total. The summed E-state index contributed by atoms with van der Waals surface area (Å²) in [7, 11) is 5.17. The van der Waals surface area contributed by atoms with Crippen LogP contribution in [-0.4, -0.2) is 32.9 Å². The molecule has 0 saturated carbocycles. The van der Waals surface area contributed by atoms with Crippen molar-refractivity contribution in [2.45, 2.75) is 12.3 Å². The monoisotopic (exact) mass is 311 g/mol. The molecular formula is C10H12B2BrNO2S. The SMILES string of the molecule is BC(B)(O)c1c(C)c(OC)cc2sc(Br)nc12. The molecule has 17 heavy (non-hydrogen) atoms. The second-order valence-electron chi connectivity index (χ2n) is 4.45. The van der Waals surface area contributed by atoms with Crippen molar-refractivity contribution in [3.8, 4) is 5.75 Å². The Labute approximate surface area is 114 Å². The molecule has 0 aliphatic heterocycles. The minimum absolute atomic E-state index is 0.783. The molecule has 1 heterocycles. The molecule has 0 unspecified atom stereocenters. The van der Waals surface area contributed by atoms with E-state index < -0.39 is 5.40 Å². The minimum Gasteiger partial charge on any atom is -0.496 e. The lowest BCUT2D eigenvalue weighted by Gasteiger charge is -2.22. The number of hydrogen-bond donors (Lipinski definition) is 1. The summed E-state index contributed by atoms with van der Waals surface area (Å²) in [6, 6.07) is 1.96. The van der Waals surface area contributed by atoms with Crippen molar-refractivity contribution >= 4 is 53.2 Å². The lowest BCUT2D eigenvalue weighted by molar-refractivity contribution is 0.217. The van der Waals surface area contributed by atoms with Gasteiger partial charge in [-0.2, -0.15) is 0 Å². The number of aliphatic hydroxyl groups is 1. The molecule has 0 radical (unpaired) electrons. The van der Waals surface area contributed by atoms with E-state index in [-0.39, 0.29) is 0 Å². The van der Waals surface area contributed by atoms with Gasteiger partial charge in [0.25, 0.3) is 0 Å². The third-order valence-corrected chi connectivity index (χ3v) is 4.16. The molecule has 2 aromatic rings. The quantitative estimate of drug-likeness (QED) is 0.832. The summed E-state index contributed by atoms with van der Waals surface area (Å²) in [5.41, 5.74) is 2.60. The van der Waals surface area contributed by atoms with E-state index in [9.17, 15) is 5.11 Å². The normalized spacial score (nSPS) is 12.0. The Morgan fingerprint density at radius 1 is 1.53 bits per heavy atom. The Morgan fingerprint density at radius 3 is 2.71 bits per heavy atom. The summed E-state index contributed by atoms with van der Waals surface area (Å²) in [6.07, 6.45) is 0. The highest BCUT2D eigenvalue weighted by molar-refractivity contribution is 9.11. The van der Waals surface area contributed by atoms with Crippen LogP contribution >= 0.6 is 27.3 Å². The molecule has 0 atom stereocenters. The predicted octanol–water partition coefficient (Wildman–Crippen LogP) is 0.745. The van der Waals surface area contributed by atoms with Crippen LogP contribution in [0.25, 0.3) is 10.2 Å². The summed E-state index contributed by atoms with van der Waals surface area (Å²) >= 11 is 4.92. The van der Waals surface area contributed by atoms with E-state index in [0.717, 1.165) is 31.0 Å². The first-order chi connectivity index (χ1) is 7.84. The third-order valence-electron chi connectivity index (χ3n) is 2.70. The number of rotatable bonds is 2. The van der Waals surface area contributed by atoms with Crippen molar-refractivity contribution in [2.75, 3.05) is 7.11 Å². The second-order valence-corrected chi connectivity index (χ2v) is 6.76. The number of methoxy groups -OCH3 is 1. The Balaban J connectivity index is 2.89. The number of nitrogens with zero attached hydrogens (tertiary/aromatic N) is 1. The second kappa shape index (κ2) is 4.30. The van der Waals surface area contributed by atoms with Crippen LogP contribution in [-0.2, 0) is 5.40 Å².